The number of carbonyl (C=O) groups is 1. The second-order valence-corrected chi connectivity index (χ2v) is 6.13. The Morgan fingerprint density at radius 3 is 2.67 bits per heavy atom. The zero-order chi connectivity index (χ0) is 17.1. The summed E-state index contributed by atoms with van der Waals surface area (Å²) in [5.74, 6) is 1.65. The Morgan fingerprint density at radius 2 is 1.96 bits per heavy atom. The van der Waals surface area contributed by atoms with E-state index in [1.807, 2.05) is 54.3 Å². The molecule has 126 valence electrons. The van der Waals surface area contributed by atoms with E-state index in [-0.39, 0.29) is 11.9 Å². The van der Waals surface area contributed by atoms with E-state index in [1.165, 1.54) is 0 Å². The molecular weight excluding hydrogens is 302 g/mol. The normalized spacial score (nSPS) is 17.0. The molecule has 1 unspecified atom stereocenters. The maximum atomic E-state index is 13.0. The van der Waals surface area contributed by atoms with Crippen LogP contribution in [0, 0.1) is 6.92 Å². The van der Waals surface area contributed by atoms with Crippen LogP contribution < -0.4 is 9.47 Å². The van der Waals surface area contributed by atoms with Gasteiger partial charge in [-0.05, 0) is 50.1 Å². The van der Waals surface area contributed by atoms with Crippen LogP contribution in [0.1, 0.15) is 40.4 Å². The Labute approximate surface area is 143 Å². The van der Waals surface area contributed by atoms with Crippen LogP contribution in [-0.4, -0.2) is 31.6 Å². The fourth-order valence-electron chi connectivity index (χ4n) is 3.38. The average molecular weight is 325 g/mol. The summed E-state index contributed by atoms with van der Waals surface area (Å²) in [6.45, 7) is 2.77. The third-order valence-corrected chi connectivity index (χ3v) is 4.57. The highest BCUT2D eigenvalue weighted by Crippen LogP contribution is 2.39. The second kappa shape index (κ2) is 6.95. The highest BCUT2D eigenvalue weighted by molar-refractivity contribution is 5.95. The highest BCUT2D eigenvalue weighted by Gasteiger charge is 2.32. The molecule has 2 aromatic carbocycles. The minimum Gasteiger partial charge on any atom is -0.497 e. The first-order valence-corrected chi connectivity index (χ1v) is 8.23. The SMILES string of the molecule is COc1ccc(OC)c(C2CCCN2C(=O)c2cccc(C)c2)c1. The number of amides is 1. The molecule has 2 aromatic rings. The number of hydrogen-bond acceptors (Lipinski definition) is 3. The maximum absolute atomic E-state index is 13.0. The van der Waals surface area contributed by atoms with E-state index in [0.717, 1.165) is 47.6 Å². The second-order valence-electron chi connectivity index (χ2n) is 6.13. The number of hydrogen-bond donors (Lipinski definition) is 0. The molecule has 1 saturated heterocycles. The first kappa shape index (κ1) is 16.4. The molecule has 0 N–H and O–H groups in total. The van der Waals surface area contributed by atoms with Crippen LogP contribution in [0.25, 0.3) is 0 Å². The van der Waals surface area contributed by atoms with E-state index in [2.05, 4.69) is 0 Å². The summed E-state index contributed by atoms with van der Waals surface area (Å²) in [7, 11) is 3.31. The van der Waals surface area contributed by atoms with Crippen LogP contribution in [0.4, 0.5) is 0 Å². The summed E-state index contributed by atoms with van der Waals surface area (Å²) in [4.78, 5) is 14.9. The van der Waals surface area contributed by atoms with E-state index in [9.17, 15) is 4.79 Å². The molecule has 3 rings (SSSR count). The van der Waals surface area contributed by atoms with Crippen LogP contribution in [-0.2, 0) is 0 Å². The monoisotopic (exact) mass is 325 g/mol. The van der Waals surface area contributed by atoms with Crippen molar-refractivity contribution in [2.45, 2.75) is 25.8 Å². The number of rotatable bonds is 4. The van der Waals surface area contributed by atoms with Crippen molar-refractivity contribution in [3.63, 3.8) is 0 Å². The molecule has 4 nitrogen and oxygen atoms in total. The lowest BCUT2D eigenvalue weighted by molar-refractivity contribution is 0.0734. The molecule has 0 bridgehead atoms. The third kappa shape index (κ3) is 3.09. The number of carbonyl (C=O) groups excluding carboxylic acids is 1. The Kier molecular flexibility index (Phi) is 4.74. The summed E-state index contributed by atoms with van der Waals surface area (Å²) >= 11 is 0. The van der Waals surface area contributed by atoms with Crippen molar-refractivity contribution in [3.8, 4) is 11.5 Å². The molecule has 0 saturated carbocycles. The Hall–Kier alpha value is -2.49. The van der Waals surface area contributed by atoms with E-state index in [1.54, 1.807) is 14.2 Å². The van der Waals surface area contributed by atoms with Crippen molar-refractivity contribution < 1.29 is 14.3 Å². The molecule has 24 heavy (non-hydrogen) atoms. The topological polar surface area (TPSA) is 38.8 Å². The van der Waals surface area contributed by atoms with Crippen molar-refractivity contribution in [2.24, 2.45) is 0 Å². The van der Waals surface area contributed by atoms with Crippen LogP contribution >= 0.6 is 0 Å². The molecule has 1 atom stereocenters. The third-order valence-electron chi connectivity index (χ3n) is 4.57. The summed E-state index contributed by atoms with van der Waals surface area (Å²) in [6, 6.07) is 13.5. The number of ether oxygens (including phenoxy) is 2. The molecular formula is C20H23NO3. The molecule has 1 amide bonds. The van der Waals surface area contributed by atoms with Crippen molar-refractivity contribution in [3.05, 3.63) is 59.2 Å². The molecule has 1 aliphatic rings. The number of benzene rings is 2. The smallest absolute Gasteiger partial charge is 0.254 e. The molecule has 0 spiro atoms. The number of methoxy groups -OCH3 is 2. The van der Waals surface area contributed by atoms with Crippen molar-refractivity contribution in [1.82, 2.24) is 4.90 Å². The van der Waals surface area contributed by atoms with Gasteiger partial charge >= 0.3 is 0 Å². The minimum atomic E-state index is 0.0167. The Morgan fingerprint density at radius 1 is 1.12 bits per heavy atom. The molecule has 1 aliphatic heterocycles. The Balaban J connectivity index is 1.95. The molecule has 1 fully saturated rings. The predicted molar refractivity (Wildman–Crippen MR) is 93.7 cm³/mol. The minimum absolute atomic E-state index is 0.0167. The quantitative estimate of drug-likeness (QED) is 0.853. The van der Waals surface area contributed by atoms with Gasteiger partial charge in [-0.25, -0.2) is 0 Å². The summed E-state index contributed by atoms with van der Waals surface area (Å²) in [5, 5.41) is 0. The predicted octanol–water partition coefficient (Wildman–Crippen LogP) is 3.99. The van der Waals surface area contributed by atoms with E-state index >= 15 is 0 Å². The summed E-state index contributed by atoms with van der Waals surface area (Å²) < 4.78 is 10.9. The lowest BCUT2D eigenvalue weighted by Gasteiger charge is -2.27. The van der Waals surface area contributed by atoms with Crippen LogP contribution in [0.3, 0.4) is 0 Å². The van der Waals surface area contributed by atoms with Gasteiger partial charge in [0.15, 0.2) is 0 Å². The van der Waals surface area contributed by atoms with Gasteiger partial charge in [0.1, 0.15) is 11.5 Å². The first-order valence-electron chi connectivity index (χ1n) is 8.23. The van der Waals surface area contributed by atoms with Gasteiger partial charge in [-0.2, -0.15) is 0 Å². The molecule has 0 radical (unpaired) electrons. The zero-order valence-electron chi connectivity index (χ0n) is 14.4. The van der Waals surface area contributed by atoms with Gasteiger partial charge in [-0.1, -0.05) is 17.7 Å². The standard InChI is InChI=1S/C20H23NO3/c1-14-6-4-7-15(12-14)20(22)21-11-5-8-18(21)17-13-16(23-2)9-10-19(17)24-3/h4,6-7,9-10,12-13,18H,5,8,11H2,1-3H3. The lowest BCUT2D eigenvalue weighted by Crippen LogP contribution is -2.30. The van der Waals surface area contributed by atoms with Gasteiger partial charge in [0.25, 0.3) is 5.91 Å². The Bertz CT molecular complexity index is 741. The fourth-order valence-corrected chi connectivity index (χ4v) is 3.38. The van der Waals surface area contributed by atoms with E-state index < -0.39 is 0 Å². The van der Waals surface area contributed by atoms with Crippen molar-refractivity contribution in [2.75, 3.05) is 20.8 Å². The van der Waals surface area contributed by atoms with Crippen LogP contribution in [0.15, 0.2) is 42.5 Å². The fraction of sp³-hybridized carbons (Fsp3) is 0.350. The average Bonchev–Trinajstić information content (AvgIpc) is 3.10. The maximum Gasteiger partial charge on any atom is 0.254 e. The zero-order valence-corrected chi connectivity index (χ0v) is 14.4. The summed E-state index contributed by atoms with van der Waals surface area (Å²) in [6.07, 6.45) is 1.92. The molecule has 0 aromatic heterocycles. The van der Waals surface area contributed by atoms with Gasteiger partial charge in [-0.15, -0.1) is 0 Å². The molecule has 4 heteroatoms. The van der Waals surface area contributed by atoms with Gasteiger partial charge in [0, 0.05) is 17.7 Å². The van der Waals surface area contributed by atoms with Gasteiger partial charge in [-0.3, -0.25) is 4.79 Å². The highest BCUT2D eigenvalue weighted by atomic mass is 16.5. The van der Waals surface area contributed by atoms with Crippen LogP contribution in [0.5, 0.6) is 11.5 Å². The van der Waals surface area contributed by atoms with Crippen molar-refractivity contribution in [1.29, 1.82) is 0 Å². The van der Waals surface area contributed by atoms with Crippen molar-refractivity contribution >= 4 is 5.91 Å². The van der Waals surface area contributed by atoms with Gasteiger partial charge in [0.05, 0.1) is 20.3 Å². The van der Waals surface area contributed by atoms with E-state index in [0.29, 0.717) is 0 Å². The molecule has 1 heterocycles. The van der Waals surface area contributed by atoms with E-state index in [4.69, 9.17) is 9.47 Å². The molecule has 0 aliphatic carbocycles. The van der Waals surface area contributed by atoms with Gasteiger partial charge < -0.3 is 14.4 Å². The van der Waals surface area contributed by atoms with Crippen LogP contribution in [0.2, 0.25) is 0 Å². The first-order chi connectivity index (χ1) is 11.6. The summed E-state index contributed by atoms with van der Waals surface area (Å²) in [5.41, 5.74) is 2.84. The largest absolute Gasteiger partial charge is 0.497 e. The number of likely N-dealkylation sites (tertiary alicyclic amines) is 1. The number of aryl methyl sites for hydroxylation is 1. The van der Waals surface area contributed by atoms with Gasteiger partial charge in [0.2, 0.25) is 0 Å². The number of nitrogens with zero attached hydrogens (tertiary/aromatic N) is 1. The lowest BCUT2D eigenvalue weighted by atomic mass is 10.0.